The van der Waals surface area contributed by atoms with E-state index in [0.29, 0.717) is 12.1 Å². The second-order valence-electron chi connectivity index (χ2n) is 6.93. The molecule has 28 heavy (non-hydrogen) atoms. The number of benzene rings is 2. The fraction of sp³-hybridized carbons (Fsp3) is 0.333. The van der Waals surface area contributed by atoms with Gasteiger partial charge in [0.2, 0.25) is 5.91 Å². The Hall–Kier alpha value is -2.83. The number of nitrogens with zero attached hydrogens (tertiary/aromatic N) is 1. The van der Waals surface area contributed by atoms with Crippen LogP contribution in [-0.4, -0.2) is 22.8 Å². The van der Waals surface area contributed by atoms with Crippen molar-refractivity contribution < 1.29 is 22.8 Å². The molecule has 0 unspecified atom stereocenters. The number of rotatable bonds is 6. The van der Waals surface area contributed by atoms with Gasteiger partial charge in [-0.05, 0) is 42.2 Å². The van der Waals surface area contributed by atoms with Crippen LogP contribution in [0.25, 0.3) is 0 Å². The van der Waals surface area contributed by atoms with Crippen molar-refractivity contribution in [3.8, 4) is 0 Å². The van der Waals surface area contributed by atoms with Gasteiger partial charge in [-0.15, -0.1) is 0 Å². The minimum absolute atomic E-state index is 0.0344. The van der Waals surface area contributed by atoms with Crippen LogP contribution in [0.5, 0.6) is 0 Å². The summed E-state index contributed by atoms with van der Waals surface area (Å²) in [5.41, 5.74) is 0.645. The van der Waals surface area contributed by atoms with Crippen molar-refractivity contribution >= 4 is 11.8 Å². The van der Waals surface area contributed by atoms with Crippen LogP contribution in [0.15, 0.2) is 48.5 Å². The van der Waals surface area contributed by atoms with Crippen molar-refractivity contribution in [1.29, 1.82) is 0 Å². The number of hydrogen-bond donors (Lipinski definition) is 1. The van der Waals surface area contributed by atoms with Gasteiger partial charge in [0, 0.05) is 31.6 Å². The minimum Gasteiger partial charge on any atom is -0.352 e. The number of alkyl halides is 3. The number of nitrogens with one attached hydrogen (secondary N) is 1. The van der Waals surface area contributed by atoms with E-state index in [1.807, 2.05) is 0 Å². The molecule has 1 saturated carbocycles. The Morgan fingerprint density at radius 3 is 2.29 bits per heavy atom. The van der Waals surface area contributed by atoms with E-state index in [1.54, 1.807) is 30.3 Å². The molecule has 2 aromatic carbocycles. The smallest absolute Gasteiger partial charge is 0.352 e. The summed E-state index contributed by atoms with van der Waals surface area (Å²) < 4.78 is 39.8. The zero-order chi connectivity index (χ0) is 20.3. The van der Waals surface area contributed by atoms with Crippen molar-refractivity contribution in [2.45, 2.75) is 45.1 Å². The molecular formula is C21H21F3N2O2. The predicted octanol–water partition coefficient (Wildman–Crippen LogP) is 4.15. The summed E-state index contributed by atoms with van der Waals surface area (Å²) in [5, 5.41) is 2.67. The van der Waals surface area contributed by atoms with Crippen molar-refractivity contribution in [2.24, 2.45) is 0 Å². The normalized spacial score (nSPS) is 13.9. The van der Waals surface area contributed by atoms with Gasteiger partial charge in [0.05, 0.1) is 5.56 Å². The lowest BCUT2D eigenvalue weighted by Crippen LogP contribution is -2.33. The van der Waals surface area contributed by atoms with Gasteiger partial charge in [0.1, 0.15) is 0 Å². The third-order valence-electron chi connectivity index (χ3n) is 4.65. The lowest BCUT2D eigenvalue weighted by molar-refractivity contribution is -0.138. The Balaban J connectivity index is 1.78. The highest BCUT2D eigenvalue weighted by molar-refractivity contribution is 5.94. The van der Waals surface area contributed by atoms with Gasteiger partial charge < -0.3 is 10.2 Å². The molecular weight excluding hydrogens is 369 g/mol. The molecule has 1 aliphatic rings. The van der Waals surface area contributed by atoms with Gasteiger partial charge in [0.25, 0.3) is 5.91 Å². The highest BCUT2D eigenvalue weighted by Gasteiger charge is 2.37. The number of carbonyl (C=O) groups excluding carboxylic acids is 2. The van der Waals surface area contributed by atoms with E-state index in [4.69, 9.17) is 0 Å². The number of amides is 2. The average molecular weight is 390 g/mol. The lowest BCUT2D eigenvalue weighted by atomic mass is 10.1. The quantitative estimate of drug-likeness (QED) is 0.806. The fourth-order valence-electron chi connectivity index (χ4n) is 3.03. The van der Waals surface area contributed by atoms with E-state index in [2.05, 4.69) is 5.32 Å². The maximum absolute atomic E-state index is 13.3. The minimum atomic E-state index is -4.46. The standard InChI is InChI=1S/C21H21F3N2O2/c1-14(27)25-12-15-6-8-16(9-7-15)20(28)26(18-10-11-18)13-17-4-2-3-5-19(17)21(22,23)24/h2-9,18H,10-13H2,1H3,(H,25,27). The zero-order valence-corrected chi connectivity index (χ0v) is 15.4. The van der Waals surface area contributed by atoms with Gasteiger partial charge in [-0.2, -0.15) is 13.2 Å². The molecule has 0 spiro atoms. The Bertz CT molecular complexity index is 859. The summed E-state index contributed by atoms with van der Waals surface area (Å²) in [6.45, 7) is 1.70. The molecule has 4 nitrogen and oxygen atoms in total. The first-order chi connectivity index (χ1) is 13.3. The second-order valence-corrected chi connectivity index (χ2v) is 6.93. The Labute approximate surface area is 161 Å². The molecule has 0 saturated heterocycles. The van der Waals surface area contributed by atoms with Crippen molar-refractivity contribution in [1.82, 2.24) is 10.2 Å². The largest absolute Gasteiger partial charge is 0.416 e. The highest BCUT2D eigenvalue weighted by atomic mass is 19.4. The third kappa shape index (κ3) is 4.91. The number of carbonyl (C=O) groups is 2. The van der Waals surface area contributed by atoms with Crippen molar-refractivity contribution in [2.75, 3.05) is 0 Å². The van der Waals surface area contributed by atoms with Crippen LogP contribution in [0, 0.1) is 0 Å². The molecule has 3 rings (SSSR count). The first-order valence-electron chi connectivity index (χ1n) is 9.05. The molecule has 0 heterocycles. The van der Waals surface area contributed by atoms with Crippen LogP contribution in [0.4, 0.5) is 13.2 Å². The van der Waals surface area contributed by atoms with E-state index in [9.17, 15) is 22.8 Å². The van der Waals surface area contributed by atoms with E-state index >= 15 is 0 Å². The van der Waals surface area contributed by atoms with E-state index in [1.165, 1.54) is 24.0 Å². The first kappa shape index (κ1) is 19.9. The summed E-state index contributed by atoms with van der Waals surface area (Å²) in [4.78, 5) is 25.4. The van der Waals surface area contributed by atoms with E-state index < -0.39 is 11.7 Å². The average Bonchev–Trinajstić information content (AvgIpc) is 3.49. The van der Waals surface area contributed by atoms with Gasteiger partial charge >= 0.3 is 6.18 Å². The highest BCUT2D eigenvalue weighted by Crippen LogP contribution is 2.35. The molecule has 148 valence electrons. The van der Waals surface area contributed by atoms with Crippen molar-refractivity contribution in [3.05, 3.63) is 70.8 Å². The fourth-order valence-corrected chi connectivity index (χ4v) is 3.03. The summed E-state index contributed by atoms with van der Waals surface area (Å²) in [7, 11) is 0. The maximum atomic E-state index is 13.3. The molecule has 1 fully saturated rings. The molecule has 1 aliphatic carbocycles. The van der Waals surface area contributed by atoms with Crippen LogP contribution in [0.2, 0.25) is 0 Å². The summed E-state index contributed by atoms with van der Waals surface area (Å²) in [5.74, 6) is -0.436. The third-order valence-corrected chi connectivity index (χ3v) is 4.65. The topological polar surface area (TPSA) is 49.4 Å². The molecule has 0 atom stereocenters. The molecule has 0 aromatic heterocycles. The Kier molecular flexibility index (Phi) is 5.72. The molecule has 0 aliphatic heterocycles. The molecule has 2 aromatic rings. The van der Waals surface area contributed by atoms with Crippen LogP contribution in [-0.2, 0) is 24.1 Å². The van der Waals surface area contributed by atoms with Crippen LogP contribution < -0.4 is 5.32 Å². The summed E-state index contributed by atoms with van der Waals surface area (Å²) in [6.07, 6.45) is -2.87. The van der Waals surface area contributed by atoms with Gasteiger partial charge in [0.15, 0.2) is 0 Å². The van der Waals surface area contributed by atoms with Crippen molar-refractivity contribution in [3.63, 3.8) is 0 Å². The molecule has 1 N–H and O–H groups in total. The van der Waals surface area contributed by atoms with E-state index in [0.717, 1.165) is 24.5 Å². The first-order valence-corrected chi connectivity index (χ1v) is 9.05. The molecule has 2 amide bonds. The lowest BCUT2D eigenvalue weighted by Gasteiger charge is -2.24. The monoisotopic (exact) mass is 390 g/mol. The maximum Gasteiger partial charge on any atom is 0.416 e. The van der Waals surface area contributed by atoms with Gasteiger partial charge in [-0.25, -0.2) is 0 Å². The predicted molar refractivity (Wildman–Crippen MR) is 98.3 cm³/mol. The molecule has 0 radical (unpaired) electrons. The SMILES string of the molecule is CC(=O)NCc1ccc(C(=O)N(Cc2ccccc2C(F)(F)F)C2CC2)cc1. The Morgan fingerprint density at radius 2 is 1.71 bits per heavy atom. The van der Waals surface area contributed by atoms with Crippen LogP contribution in [0.3, 0.4) is 0 Å². The second kappa shape index (κ2) is 8.04. The zero-order valence-electron chi connectivity index (χ0n) is 15.4. The number of hydrogen-bond acceptors (Lipinski definition) is 2. The molecule has 7 heteroatoms. The van der Waals surface area contributed by atoms with Crippen LogP contribution in [0.1, 0.15) is 46.8 Å². The summed E-state index contributed by atoms with van der Waals surface area (Å²) >= 11 is 0. The molecule has 0 bridgehead atoms. The van der Waals surface area contributed by atoms with Crippen LogP contribution >= 0.6 is 0 Å². The van der Waals surface area contributed by atoms with Gasteiger partial charge in [-0.3, -0.25) is 9.59 Å². The summed E-state index contributed by atoms with van der Waals surface area (Å²) in [6, 6.07) is 12.1. The van der Waals surface area contributed by atoms with Gasteiger partial charge in [-0.1, -0.05) is 30.3 Å². The van der Waals surface area contributed by atoms with E-state index in [-0.39, 0.29) is 30.0 Å². The number of halogens is 3. The Morgan fingerprint density at radius 1 is 1.07 bits per heavy atom.